The first-order valence-corrected chi connectivity index (χ1v) is 5.63. The predicted octanol–water partition coefficient (Wildman–Crippen LogP) is 3.54. The molecule has 2 N–H and O–H groups in total. The van der Waals surface area contributed by atoms with Gasteiger partial charge in [0.1, 0.15) is 5.82 Å². The van der Waals surface area contributed by atoms with Crippen molar-refractivity contribution in [2.75, 3.05) is 0 Å². The van der Waals surface area contributed by atoms with E-state index in [-0.39, 0.29) is 11.9 Å². The fourth-order valence-electron chi connectivity index (χ4n) is 1.57. The molecule has 2 rings (SSSR count). The Kier molecular flexibility index (Phi) is 3.12. The van der Waals surface area contributed by atoms with Crippen molar-refractivity contribution in [3.8, 4) is 0 Å². The fraction of sp³-hybridized carbons (Fsp3) is 0.167. The quantitative estimate of drug-likeness (QED) is 0.916. The molecule has 1 unspecified atom stereocenters. The first-order valence-electron chi connectivity index (χ1n) is 4.84. The van der Waals surface area contributed by atoms with Gasteiger partial charge in [-0.1, -0.05) is 12.1 Å². The van der Waals surface area contributed by atoms with Gasteiger partial charge >= 0.3 is 0 Å². The van der Waals surface area contributed by atoms with E-state index >= 15 is 0 Å². The van der Waals surface area contributed by atoms with Crippen molar-refractivity contribution in [1.82, 2.24) is 0 Å². The highest BCUT2D eigenvalue weighted by atomic mass is 79.9. The summed E-state index contributed by atoms with van der Waals surface area (Å²) in [5, 5.41) is 0. The lowest BCUT2D eigenvalue weighted by atomic mass is 10.0. The number of hydrogen-bond acceptors (Lipinski definition) is 2. The number of nitrogens with two attached hydrogens (primary N) is 1. The van der Waals surface area contributed by atoms with Crippen LogP contribution in [-0.2, 0) is 0 Å². The Labute approximate surface area is 101 Å². The molecule has 1 atom stereocenters. The van der Waals surface area contributed by atoms with Crippen molar-refractivity contribution in [3.05, 3.63) is 57.7 Å². The van der Waals surface area contributed by atoms with Crippen LogP contribution < -0.4 is 5.73 Å². The molecule has 0 radical (unpaired) electrons. The second kappa shape index (κ2) is 4.39. The van der Waals surface area contributed by atoms with Gasteiger partial charge in [0.05, 0.1) is 12.3 Å². The highest BCUT2D eigenvalue weighted by molar-refractivity contribution is 9.10. The molecule has 0 bridgehead atoms. The van der Waals surface area contributed by atoms with E-state index in [1.54, 1.807) is 31.4 Å². The lowest BCUT2D eigenvalue weighted by Gasteiger charge is -2.11. The molecular formula is C12H11BrFNO. The Morgan fingerprint density at radius 3 is 2.69 bits per heavy atom. The fourth-order valence-corrected chi connectivity index (χ4v) is 2.05. The molecule has 0 fully saturated rings. The molecule has 0 saturated heterocycles. The summed E-state index contributed by atoms with van der Waals surface area (Å²) in [5.41, 5.74) is 8.37. The molecule has 0 spiro atoms. The van der Waals surface area contributed by atoms with Crippen LogP contribution in [0.4, 0.5) is 4.39 Å². The van der Waals surface area contributed by atoms with E-state index in [0.717, 1.165) is 11.1 Å². The number of rotatable bonds is 2. The topological polar surface area (TPSA) is 39.2 Å². The lowest BCUT2D eigenvalue weighted by molar-refractivity contribution is 0.534. The minimum absolute atomic E-state index is 0.220. The van der Waals surface area contributed by atoms with Crippen LogP contribution >= 0.6 is 15.9 Å². The summed E-state index contributed by atoms with van der Waals surface area (Å²) in [4.78, 5) is 0. The van der Waals surface area contributed by atoms with E-state index in [4.69, 9.17) is 10.2 Å². The molecule has 1 aromatic heterocycles. The number of hydrogen-bond donors (Lipinski definition) is 1. The molecule has 84 valence electrons. The van der Waals surface area contributed by atoms with Crippen LogP contribution in [0.5, 0.6) is 0 Å². The van der Waals surface area contributed by atoms with Crippen molar-refractivity contribution in [1.29, 1.82) is 0 Å². The van der Waals surface area contributed by atoms with Crippen LogP contribution in [0.25, 0.3) is 0 Å². The molecule has 1 heterocycles. The molecule has 0 aliphatic carbocycles. The lowest BCUT2D eigenvalue weighted by Crippen LogP contribution is -2.11. The summed E-state index contributed by atoms with van der Waals surface area (Å²) in [5.74, 6) is -0.220. The Hall–Kier alpha value is -1.13. The van der Waals surface area contributed by atoms with Crippen LogP contribution in [0.15, 0.2) is 39.6 Å². The first kappa shape index (κ1) is 11.4. The van der Waals surface area contributed by atoms with E-state index in [0.29, 0.717) is 10.2 Å². The van der Waals surface area contributed by atoms with Gasteiger partial charge in [-0.05, 0) is 46.1 Å². The van der Waals surface area contributed by atoms with Gasteiger partial charge in [-0.3, -0.25) is 0 Å². The Morgan fingerprint density at radius 1 is 1.38 bits per heavy atom. The standard InChI is InChI=1S/C12H11BrFNO/c1-7-6-8(2-3-10(7)14)11(15)9-4-5-16-12(9)13/h2-6,11H,15H2,1H3. The number of benzene rings is 1. The molecule has 1 aromatic carbocycles. The van der Waals surface area contributed by atoms with Gasteiger partial charge in [-0.25, -0.2) is 4.39 Å². The molecule has 0 saturated carbocycles. The molecular weight excluding hydrogens is 273 g/mol. The van der Waals surface area contributed by atoms with Gasteiger partial charge in [0.15, 0.2) is 4.67 Å². The zero-order valence-electron chi connectivity index (χ0n) is 8.71. The van der Waals surface area contributed by atoms with Gasteiger partial charge in [-0.2, -0.15) is 0 Å². The third-order valence-electron chi connectivity index (χ3n) is 2.52. The molecule has 2 nitrogen and oxygen atoms in total. The van der Waals surface area contributed by atoms with Gasteiger partial charge in [0.25, 0.3) is 0 Å². The van der Waals surface area contributed by atoms with Gasteiger partial charge in [0.2, 0.25) is 0 Å². The van der Waals surface area contributed by atoms with E-state index in [9.17, 15) is 4.39 Å². The van der Waals surface area contributed by atoms with Crippen LogP contribution in [-0.4, -0.2) is 0 Å². The predicted molar refractivity (Wildman–Crippen MR) is 63.6 cm³/mol. The summed E-state index contributed by atoms with van der Waals surface area (Å²) < 4.78 is 18.9. The highest BCUT2D eigenvalue weighted by Gasteiger charge is 2.15. The van der Waals surface area contributed by atoms with Crippen molar-refractivity contribution in [2.24, 2.45) is 5.73 Å². The normalized spacial score (nSPS) is 12.8. The van der Waals surface area contributed by atoms with Crippen molar-refractivity contribution >= 4 is 15.9 Å². The smallest absolute Gasteiger partial charge is 0.174 e. The Bertz CT molecular complexity index is 509. The molecule has 16 heavy (non-hydrogen) atoms. The minimum Gasteiger partial charge on any atom is -0.457 e. The largest absolute Gasteiger partial charge is 0.457 e. The molecule has 0 aliphatic rings. The summed E-state index contributed by atoms with van der Waals surface area (Å²) in [6, 6.07) is 6.35. The van der Waals surface area contributed by atoms with Crippen molar-refractivity contribution in [3.63, 3.8) is 0 Å². The monoisotopic (exact) mass is 283 g/mol. The van der Waals surface area contributed by atoms with E-state index in [1.807, 2.05) is 0 Å². The van der Waals surface area contributed by atoms with E-state index in [2.05, 4.69) is 15.9 Å². The van der Waals surface area contributed by atoms with Gasteiger partial charge in [-0.15, -0.1) is 0 Å². The second-order valence-electron chi connectivity index (χ2n) is 3.64. The molecule has 4 heteroatoms. The van der Waals surface area contributed by atoms with E-state index < -0.39 is 0 Å². The average molecular weight is 284 g/mol. The molecule has 2 aromatic rings. The average Bonchev–Trinajstić information content (AvgIpc) is 2.67. The van der Waals surface area contributed by atoms with Crippen LogP contribution in [0.2, 0.25) is 0 Å². The van der Waals surface area contributed by atoms with E-state index in [1.165, 1.54) is 6.07 Å². The number of halogens is 2. The summed E-state index contributed by atoms with van der Waals surface area (Å²) in [6.07, 6.45) is 1.57. The Balaban J connectivity index is 2.38. The summed E-state index contributed by atoms with van der Waals surface area (Å²) in [7, 11) is 0. The third kappa shape index (κ3) is 2.03. The van der Waals surface area contributed by atoms with Gasteiger partial charge < -0.3 is 10.2 Å². The van der Waals surface area contributed by atoms with Crippen LogP contribution in [0, 0.1) is 12.7 Å². The van der Waals surface area contributed by atoms with Crippen LogP contribution in [0.3, 0.4) is 0 Å². The van der Waals surface area contributed by atoms with Gasteiger partial charge in [0, 0.05) is 5.56 Å². The van der Waals surface area contributed by atoms with Crippen LogP contribution in [0.1, 0.15) is 22.7 Å². The zero-order chi connectivity index (χ0) is 11.7. The maximum Gasteiger partial charge on any atom is 0.174 e. The third-order valence-corrected chi connectivity index (χ3v) is 3.17. The summed E-state index contributed by atoms with van der Waals surface area (Å²) in [6.45, 7) is 1.72. The molecule has 0 aliphatic heterocycles. The maximum absolute atomic E-state index is 13.1. The van der Waals surface area contributed by atoms with Crippen molar-refractivity contribution < 1.29 is 8.81 Å². The number of aryl methyl sites for hydroxylation is 1. The SMILES string of the molecule is Cc1cc(C(N)c2ccoc2Br)ccc1F. The van der Waals surface area contributed by atoms with Crippen molar-refractivity contribution in [2.45, 2.75) is 13.0 Å². The summed E-state index contributed by atoms with van der Waals surface area (Å²) >= 11 is 3.28. The Morgan fingerprint density at radius 2 is 2.12 bits per heavy atom. The first-order chi connectivity index (χ1) is 7.59. The maximum atomic E-state index is 13.1. The molecule has 0 amide bonds. The second-order valence-corrected chi connectivity index (χ2v) is 4.36. The highest BCUT2D eigenvalue weighted by Crippen LogP contribution is 2.28. The number of furan rings is 1. The minimum atomic E-state index is -0.313. The zero-order valence-corrected chi connectivity index (χ0v) is 10.3.